The van der Waals surface area contributed by atoms with E-state index in [1.165, 1.54) is 0 Å². The molecule has 16 heavy (non-hydrogen) atoms. The largest absolute Gasteiger partial charge is 0.495 e. The van der Waals surface area contributed by atoms with Gasteiger partial charge in [0.05, 0.1) is 18.8 Å². The summed E-state index contributed by atoms with van der Waals surface area (Å²) < 4.78 is 5.13. The van der Waals surface area contributed by atoms with E-state index in [-0.39, 0.29) is 18.3 Å². The molecule has 0 unspecified atom stereocenters. The van der Waals surface area contributed by atoms with Gasteiger partial charge in [-0.05, 0) is 31.5 Å². The first-order valence-electron chi connectivity index (χ1n) is 4.75. The van der Waals surface area contributed by atoms with Crippen LogP contribution in [0.2, 0.25) is 0 Å². The maximum atomic E-state index is 11.4. The van der Waals surface area contributed by atoms with Crippen molar-refractivity contribution in [3.05, 3.63) is 23.8 Å². The van der Waals surface area contributed by atoms with Gasteiger partial charge in [-0.2, -0.15) is 0 Å². The smallest absolute Gasteiger partial charge is 0.241 e. The Labute approximate surface area is 102 Å². The summed E-state index contributed by atoms with van der Waals surface area (Å²) in [6.07, 6.45) is 0. The van der Waals surface area contributed by atoms with Crippen molar-refractivity contribution in [2.24, 2.45) is 5.73 Å². The molecule has 0 aliphatic rings. The number of nitrogens with one attached hydrogen (secondary N) is 1. The molecule has 0 saturated heterocycles. The summed E-state index contributed by atoms with van der Waals surface area (Å²) >= 11 is 0. The van der Waals surface area contributed by atoms with Crippen molar-refractivity contribution >= 4 is 24.0 Å². The molecule has 0 heterocycles. The molecule has 5 heteroatoms. The number of ether oxygens (including phenoxy) is 1. The molecular weight excluding hydrogens is 228 g/mol. The minimum atomic E-state index is -0.532. The van der Waals surface area contributed by atoms with E-state index in [0.717, 1.165) is 5.56 Å². The molecule has 0 spiro atoms. The fraction of sp³-hybridized carbons (Fsp3) is 0.364. The predicted molar refractivity (Wildman–Crippen MR) is 67.3 cm³/mol. The third kappa shape index (κ3) is 3.72. The zero-order valence-electron chi connectivity index (χ0n) is 9.61. The first kappa shape index (κ1) is 14.7. The molecule has 1 aromatic rings. The number of nitrogens with two attached hydrogens (primary N) is 1. The molecule has 0 radical (unpaired) electrons. The number of carbonyl (C=O) groups excluding carboxylic acids is 1. The zero-order valence-corrected chi connectivity index (χ0v) is 10.4. The van der Waals surface area contributed by atoms with E-state index in [1.807, 2.05) is 25.1 Å². The van der Waals surface area contributed by atoms with E-state index in [9.17, 15) is 4.79 Å². The van der Waals surface area contributed by atoms with Crippen molar-refractivity contribution in [3.63, 3.8) is 0 Å². The number of anilines is 1. The molecule has 0 saturated carbocycles. The van der Waals surface area contributed by atoms with Gasteiger partial charge < -0.3 is 15.8 Å². The Kier molecular flexibility index (Phi) is 5.85. The molecule has 0 aliphatic carbocycles. The maximum Gasteiger partial charge on any atom is 0.241 e. The lowest BCUT2D eigenvalue weighted by Gasteiger charge is -2.12. The standard InChI is InChI=1S/C11H16N2O2.ClH/c1-7-4-5-10(15-3)9(6-7)13-11(14)8(2)12;/h4-6,8H,12H2,1-3H3,(H,13,14);1H/t8-;/m1./s1. The Balaban J connectivity index is 0.00000225. The Morgan fingerprint density at radius 1 is 1.50 bits per heavy atom. The lowest BCUT2D eigenvalue weighted by molar-refractivity contribution is -0.117. The molecule has 0 bridgehead atoms. The predicted octanol–water partition coefficient (Wildman–Crippen LogP) is 1.71. The van der Waals surface area contributed by atoms with E-state index >= 15 is 0 Å². The fourth-order valence-electron chi connectivity index (χ4n) is 1.17. The highest BCUT2D eigenvalue weighted by Crippen LogP contribution is 2.25. The number of methoxy groups -OCH3 is 1. The number of carbonyl (C=O) groups is 1. The molecule has 1 aromatic carbocycles. The zero-order chi connectivity index (χ0) is 11.4. The quantitative estimate of drug-likeness (QED) is 0.851. The molecular formula is C11H17ClN2O2. The van der Waals surface area contributed by atoms with Gasteiger partial charge in [-0.3, -0.25) is 4.79 Å². The lowest BCUT2D eigenvalue weighted by Crippen LogP contribution is -2.32. The SMILES string of the molecule is COc1ccc(C)cc1NC(=O)[C@@H](C)N.Cl. The van der Waals surface area contributed by atoms with Crippen LogP contribution in [-0.4, -0.2) is 19.1 Å². The van der Waals surface area contributed by atoms with Crippen molar-refractivity contribution in [3.8, 4) is 5.75 Å². The lowest BCUT2D eigenvalue weighted by atomic mass is 10.2. The normalized spacial score (nSPS) is 11.2. The average molecular weight is 245 g/mol. The van der Waals surface area contributed by atoms with Crippen molar-refractivity contribution in [1.29, 1.82) is 0 Å². The Morgan fingerprint density at radius 3 is 2.62 bits per heavy atom. The van der Waals surface area contributed by atoms with Gasteiger partial charge in [-0.15, -0.1) is 12.4 Å². The monoisotopic (exact) mass is 244 g/mol. The van der Waals surface area contributed by atoms with Gasteiger partial charge in [0.15, 0.2) is 0 Å². The van der Waals surface area contributed by atoms with E-state index in [0.29, 0.717) is 11.4 Å². The van der Waals surface area contributed by atoms with Crippen LogP contribution in [0.4, 0.5) is 5.69 Å². The second-order valence-electron chi connectivity index (χ2n) is 3.48. The molecule has 1 rings (SSSR count). The van der Waals surface area contributed by atoms with E-state index < -0.39 is 6.04 Å². The molecule has 4 nitrogen and oxygen atoms in total. The number of hydrogen-bond acceptors (Lipinski definition) is 3. The number of amides is 1. The van der Waals surface area contributed by atoms with Gasteiger partial charge in [0, 0.05) is 0 Å². The third-order valence-corrected chi connectivity index (χ3v) is 2.03. The molecule has 90 valence electrons. The third-order valence-electron chi connectivity index (χ3n) is 2.03. The molecule has 0 aliphatic heterocycles. The van der Waals surface area contributed by atoms with Gasteiger partial charge in [-0.1, -0.05) is 6.07 Å². The Morgan fingerprint density at radius 2 is 2.12 bits per heavy atom. The Hall–Kier alpha value is -1.26. The van der Waals surface area contributed by atoms with Crippen LogP contribution < -0.4 is 15.8 Å². The van der Waals surface area contributed by atoms with Crippen LogP contribution in [0, 0.1) is 6.92 Å². The van der Waals surface area contributed by atoms with E-state index in [1.54, 1.807) is 14.0 Å². The summed E-state index contributed by atoms with van der Waals surface area (Å²) in [6.45, 7) is 3.58. The molecule has 3 N–H and O–H groups in total. The van der Waals surface area contributed by atoms with Gasteiger partial charge in [0.25, 0.3) is 0 Å². The van der Waals surface area contributed by atoms with Crippen LogP contribution in [0.1, 0.15) is 12.5 Å². The first-order valence-corrected chi connectivity index (χ1v) is 4.75. The van der Waals surface area contributed by atoms with Crippen LogP contribution in [0.25, 0.3) is 0 Å². The minimum absolute atomic E-state index is 0. The van der Waals surface area contributed by atoms with Crippen molar-refractivity contribution in [1.82, 2.24) is 0 Å². The van der Waals surface area contributed by atoms with Gasteiger partial charge >= 0.3 is 0 Å². The second-order valence-corrected chi connectivity index (χ2v) is 3.48. The summed E-state index contributed by atoms with van der Waals surface area (Å²) in [6, 6.07) is 5.04. The summed E-state index contributed by atoms with van der Waals surface area (Å²) in [5.74, 6) is 0.411. The highest BCUT2D eigenvalue weighted by Gasteiger charge is 2.10. The molecule has 0 aromatic heterocycles. The van der Waals surface area contributed by atoms with Crippen molar-refractivity contribution < 1.29 is 9.53 Å². The summed E-state index contributed by atoms with van der Waals surface area (Å²) in [5.41, 5.74) is 7.16. The number of rotatable bonds is 3. The summed E-state index contributed by atoms with van der Waals surface area (Å²) in [7, 11) is 1.56. The fourth-order valence-corrected chi connectivity index (χ4v) is 1.17. The number of halogens is 1. The highest BCUT2D eigenvalue weighted by molar-refractivity contribution is 5.95. The second kappa shape index (κ2) is 6.35. The molecule has 0 fully saturated rings. The summed E-state index contributed by atoms with van der Waals surface area (Å²) in [4.78, 5) is 11.4. The first-order chi connectivity index (χ1) is 7.04. The van der Waals surface area contributed by atoms with Crippen LogP contribution in [-0.2, 0) is 4.79 Å². The van der Waals surface area contributed by atoms with Gasteiger partial charge in [0.2, 0.25) is 5.91 Å². The van der Waals surface area contributed by atoms with Crippen LogP contribution >= 0.6 is 12.4 Å². The number of hydrogen-bond donors (Lipinski definition) is 2. The average Bonchev–Trinajstić information content (AvgIpc) is 2.18. The van der Waals surface area contributed by atoms with Gasteiger partial charge in [0.1, 0.15) is 5.75 Å². The molecule has 1 amide bonds. The summed E-state index contributed by atoms with van der Waals surface area (Å²) in [5, 5.41) is 2.71. The minimum Gasteiger partial charge on any atom is -0.495 e. The van der Waals surface area contributed by atoms with Crippen LogP contribution in [0.15, 0.2) is 18.2 Å². The topological polar surface area (TPSA) is 64.3 Å². The maximum absolute atomic E-state index is 11.4. The van der Waals surface area contributed by atoms with E-state index in [4.69, 9.17) is 10.5 Å². The van der Waals surface area contributed by atoms with E-state index in [2.05, 4.69) is 5.32 Å². The van der Waals surface area contributed by atoms with Crippen LogP contribution in [0.3, 0.4) is 0 Å². The van der Waals surface area contributed by atoms with Crippen LogP contribution in [0.5, 0.6) is 5.75 Å². The van der Waals surface area contributed by atoms with Crippen molar-refractivity contribution in [2.75, 3.05) is 12.4 Å². The Bertz CT molecular complexity index is 367. The van der Waals surface area contributed by atoms with Gasteiger partial charge in [-0.25, -0.2) is 0 Å². The highest BCUT2D eigenvalue weighted by atomic mass is 35.5. The van der Waals surface area contributed by atoms with Crippen molar-refractivity contribution in [2.45, 2.75) is 19.9 Å². The molecule has 1 atom stereocenters. The number of benzene rings is 1. The number of aryl methyl sites for hydroxylation is 1.